The van der Waals surface area contributed by atoms with E-state index in [0.717, 1.165) is 18.7 Å². The van der Waals surface area contributed by atoms with Crippen LogP contribution in [-0.4, -0.2) is 50.0 Å². The molecule has 1 aromatic carbocycles. The second kappa shape index (κ2) is 5.92. The third-order valence-corrected chi connectivity index (χ3v) is 4.50. The highest BCUT2D eigenvalue weighted by Crippen LogP contribution is 2.28. The van der Waals surface area contributed by atoms with Crippen molar-refractivity contribution in [3.8, 4) is 5.95 Å². The molecule has 1 saturated heterocycles. The Labute approximate surface area is 145 Å². The molecule has 1 aliphatic rings. The number of benzene rings is 1. The van der Waals surface area contributed by atoms with Crippen LogP contribution < -0.4 is 16.1 Å². The van der Waals surface area contributed by atoms with Crippen LogP contribution in [0.25, 0.3) is 16.9 Å². The Morgan fingerprint density at radius 2 is 2.23 bits per heavy atom. The number of carbonyl (C=O) groups is 1. The highest BCUT2D eigenvalue weighted by atomic mass is 19.1. The summed E-state index contributed by atoms with van der Waals surface area (Å²) in [5.41, 5.74) is 5.30. The Morgan fingerprint density at radius 3 is 2.85 bits per heavy atom. The molecule has 26 heavy (non-hydrogen) atoms. The van der Waals surface area contributed by atoms with E-state index in [-0.39, 0.29) is 17.4 Å². The average molecular weight is 358 g/mol. The number of aromatic carboxylic acids is 1. The lowest BCUT2D eigenvalue weighted by Gasteiger charge is -2.20. The first kappa shape index (κ1) is 16.2. The third-order valence-electron chi connectivity index (χ3n) is 4.50. The molecular weight excluding hydrogens is 343 g/mol. The van der Waals surface area contributed by atoms with Crippen molar-refractivity contribution < 1.29 is 14.3 Å². The summed E-state index contributed by atoms with van der Waals surface area (Å²) >= 11 is 0. The Kier molecular flexibility index (Phi) is 3.69. The zero-order chi connectivity index (χ0) is 18.4. The van der Waals surface area contributed by atoms with Gasteiger partial charge in [-0.05, 0) is 18.6 Å². The van der Waals surface area contributed by atoms with Crippen LogP contribution in [0, 0.1) is 5.82 Å². The molecule has 4 N–H and O–H groups in total. The fourth-order valence-corrected chi connectivity index (χ4v) is 3.23. The van der Waals surface area contributed by atoms with Crippen LogP contribution in [-0.2, 0) is 0 Å². The van der Waals surface area contributed by atoms with Crippen molar-refractivity contribution >= 4 is 22.6 Å². The van der Waals surface area contributed by atoms with E-state index in [2.05, 4.69) is 15.2 Å². The van der Waals surface area contributed by atoms with E-state index >= 15 is 0 Å². The first-order valence-electron chi connectivity index (χ1n) is 7.94. The quantitative estimate of drug-likeness (QED) is 0.621. The molecule has 1 aliphatic heterocycles. The van der Waals surface area contributed by atoms with Gasteiger partial charge in [0.05, 0.1) is 16.6 Å². The van der Waals surface area contributed by atoms with Gasteiger partial charge in [-0.15, -0.1) is 0 Å². The molecule has 0 saturated carbocycles. The van der Waals surface area contributed by atoms with Gasteiger partial charge < -0.3 is 15.7 Å². The highest BCUT2D eigenvalue weighted by Gasteiger charge is 2.24. The molecular formula is C16H15FN6O3. The van der Waals surface area contributed by atoms with Crippen molar-refractivity contribution in [1.29, 1.82) is 0 Å². The Bertz CT molecular complexity index is 1060. The number of carboxylic acid groups (broad SMARTS) is 1. The molecule has 1 atom stereocenters. The van der Waals surface area contributed by atoms with E-state index in [1.54, 1.807) is 4.90 Å². The second-order valence-corrected chi connectivity index (χ2v) is 6.17. The largest absolute Gasteiger partial charge is 0.477 e. The van der Waals surface area contributed by atoms with Gasteiger partial charge in [0.1, 0.15) is 17.7 Å². The average Bonchev–Trinajstić information content (AvgIpc) is 3.26. The first-order chi connectivity index (χ1) is 12.5. The normalized spacial score (nSPS) is 17.2. The van der Waals surface area contributed by atoms with E-state index in [4.69, 9.17) is 5.73 Å². The Balaban J connectivity index is 2.02. The Hall–Kier alpha value is -3.27. The van der Waals surface area contributed by atoms with Gasteiger partial charge in [0, 0.05) is 25.3 Å². The van der Waals surface area contributed by atoms with Crippen LogP contribution >= 0.6 is 0 Å². The van der Waals surface area contributed by atoms with Gasteiger partial charge in [-0.2, -0.15) is 10.1 Å². The van der Waals surface area contributed by atoms with Gasteiger partial charge in [0.25, 0.3) is 0 Å². The number of nitrogens with one attached hydrogen (secondary N) is 1. The maximum atomic E-state index is 14.7. The summed E-state index contributed by atoms with van der Waals surface area (Å²) < 4.78 is 16.1. The minimum Gasteiger partial charge on any atom is -0.477 e. The SMILES string of the molecule is NC1CCN(c2cc3c(cc2F)c(=O)c(C(=O)O)cn3-c2ncn[nH]2)C1. The number of halogens is 1. The predicted molar refractivity (Wildman–Crippen MR) is 91.2 cm³/mol. The number of H-pyrrole nitrogens is 1. The minimum absolute atomic E-state index is 0.0454. The number of aromatic nitrogens is 4. The smallest absolute Gasteiger partial charge is 0.341 e. The van der Waals surface area contributed by atoms with Crippen molar-refractivity contribution in [3.63, 3.8) is 0 Å². The lowest BCUT2D eigenvalue weighted by atomic mass is 10.1. The molecule has 0 spiro atoms. The van der Waals surface area contributed by atoms with Crippen LogP contribution in [0.1, 0.15) is 16.8 Å². The number of nitrogens with two attached hydrogens (primary N) is 1. The van der Waals surface area contributed by atoms with Crippen LogP contribution in [0.4, 0.5) is 10.1 Å². The maximum absolute atomic E-state index is 14.7. The summed E-state index contributed by atoms with van der Waals surface area (Å²) in [4.78, 5) is 29.7. The van der Waals surface area contributed by atoms with Gasteiger partial charge in [-0.1, -0.05) is 0 Å². The number of pyridine rings is 1. The van der Waals surface area contributed by atoms with E-state index in [9.17, 15) is 19.1 Å². The predicted octanol–water partition coefficient (Wildman–Crippen LogP) is 0.483. The van der Waals surface area contributed by atoms with Gasteiger partial charge >= 0.3 is 5.97 Å². The fraction of sp³-hybridized carbons (Fsp3) is 0.250. The number of anilines is 1. The summed E-state index contributed by atoms with van der Waals surface area (Å²) in [5.74, 6) is -1.79. The van der Waals surface area contributed by atoms with E-state index in [1.165, 1.54) is 17.0 Å². The summed E-state index contributed by atoms with van der Waals surface area (Å²) in [7, 11) is 0. The number of aromatic amines is 1. The molecule has 4 rings (SSSR count). The molecule has 2 aromatic heterocycles. The molecule has 3 aromatic rings. The molecule has 0 bridgehead atoms. The van der Waals surface area contributed by atoms with Crippen LogP contribution in [0.5, 0.6) is 0 Å². The highest BCUT2D eigenvalue weighted by molar-refractivity contribution is 5.94. The number of fused-ring (bicyclic) bond motifs is 1. The van der Waals surface area contributed by atoms with Crippen LogP contribution in [0.3, 0.4) is 0 Å². The summed E-state index contributed by atoms with van der Waals surface area (Å²) in [5, 5.41) is 15.6. The minimum atomic E-state index is -1.40. The molecule has 9 nitrogen and oxygen atoms in total. The number of hydrogen-bond donors (Lipinski definition) is 3. The maximum Gasteiger partial charge on any atom is 0.341 e. The number of carboxylic acids is 1. The molecule has 3 heterocycles. The van der Waals surface area contributed by atoms with Crippen molar-refractivity contribution in [1.82, 2.24) is 19.7 Å². The summed E-state index contributed by atoms with van der Waals surface area (Å²) in [6.07, 6.45) is 3.15. The van der Waals surface area contributed by atoms with Crippen LogP contribution in [0.15, 0.2) is 29.5 Å². The lowest BCUT2D eigenvalue weighted by molar-refractivity contribution is 0.0695. The lowest BCUT2D eigenvalue weighted by Crippen LogP contribution is -2.27. The molecule has 134 valence electrons. The fourth-order valence-electron chi connectivity index (χ4n) is 3.23. The van der Waals surface area contributed by atoms with Crippen LogP contribution in [0.2, 0.25) is 0 Å². The molecule has 1 unspecified atom stereocenters. The monoisotopic (exact) mass is 358 g/mol. The number of hydrogen-bond acceptors (Lipinski definition) is 6. The summed E-state index contributed by atoms with van der Waals surface area (Å²) in [6, 6.07) is 2.53. The van der Waals surface area contributed by atoms with E-state index in [0.29, 0.717) is 24.3 Å². The zero-order valence-corrected chi connectivity index (χ0v) is 13.5. The first-order valence-corrected chi connectivity index (χ1v) is 7.94. The van der Waals surface area contributed by atoms with Crippen molar-refractivity contribution in [2.75, 3.05) is 18.0 Å². The van der Waals surface area contributed by atoms with E-state index in [1.807, 2.05) is 0 Å². The second-order valence-electron chi connectivity index (χ2n) is 6.17. The molecule has 0 radical (unpaired) electrons. The van der Waals surface area contributed by atoms with Gasteiger partial charge in [-0.25, -0.2) is 14.3 Å². The zero-order valence-electron chi connectivity index (χ0n) is 13.5. The van der Waals surface area contributed by atoms with Crippen molar-refractivity contribution in [2.45, 2.75) is 12.5 Å². The van der Waals surface area contributed by atoms with Gasteiger partial charge in [-0.3, -0.25) is 9.36 Å². The summed E-state index contributed by atoms with van der Waals surface area (Å²) in [6.45, 7) is 1.10. The number of nitrogens with zero attached hydrogens (tertiary/aromatic N) is 4. The molecule has 10 heteroatoms. The third kappa shape index (κ3) is 2.51. The van der Waals surface area contributed by atoms with Crippen molar-refractivity contribution in [2.24, 2.45) is 5.73 Å². The van der Waals surface area contributed by atoms with Crippen molar-refractivity contribution in [3.05, 3.63) is 46.3 Å². The molecule has 0 aliphatic carbocycles. The topological polar surface area (TPSA) is 130 Å². The Morgan fingerprint density at radius 1 is 1.42 bits per heavy atom. The van der Waals surface area contributed by atoms with Gasteiger partial charge in [0.2, 0.25) is 11.4 Å². The van der Waals surface area contributed by atoms with Gasteiger partial charge in [0.15, 0.2) is 0 Å². The van der Waals surface area contributed by atoms with E-state index < -0.39 is 22.8 Å². The number of rotatable bonds is 3. The molecule has 0 amide bonds. The molecule has 1 fully saturated rings. The standard InChI is InChI=1S/C16H15FN6O3/c17-11-3-9-12(4-13(11)22-2-1-8(18)5-22)23(16-19-7-20-21-16)6-10(14(9)24)15(25)26/h3-4,6-8H,1-2,5,18H2,(H,25,26)(H,19,20,21).